The van der Waals surface area contributed by atoms with Gasteiger partial charge >= 0.3 is 0 Å². The van der Waals surface area contributed by atoms with E-state index in [0.29, 0.717) is 19.8 Å². The molecule has 0 N–H and O–H groups in total. The Morgan fingerprint density at radius 2 is 2.28 bits per heavy atom. The van der Waals surface area contributed by atoms with E-state index in [1.54, 1.807) is 4.90 Å². The average molecular weight is 312 g/mol. The lowest BCUT2D eigenvalue weighted by Crippen LogP contribution is -2.44. The summed E-state index contributed by atoms with van der Waals surface area (Å²) in [6.45, 7) is 2.16. The van der Waals surface area contributed by atoms with Crippen LogP contribution in [0.1, 0.15) is 5.56 Å². The second-order valence-electron chi connectivity index (χ2n) is 4.45. The smallest absolute Gasteiger partial charge is 0.258 e. The van der Waals surface area contributed by atoms with Crippen molar-refractivity contribution >= 4 is 27.5 Å². The molecule has 1 amide bonds. The Balaban J connectivity index is 1.82. The van der Waals surface area contributed by atoms with Crippen LogP contribution in [0.25, 0.3) is 0 Å². The summed E-state index contributed by atoms with van der Waals surface area (Å²) in [5, 5.41) is 0. The third-order valence-electron chi connectivity index (χ3n) is 3.30. The van der Waals surface area contributed by atoms with Crippen LogP contribution in [0.4, 0.5) is 5.69 Å². The van der Waals surface area contributed by atoms with Gasteiger partial charge in [0.1, 0.15) is 0 Å². The summed E-state index contributed by atoms with van der Waals surface area (Å²) in [6, 6.07) is 6.06. The quantitative estimate of drug-likeness (QED) is 0.793. The molecule has 1 saturated heterocycles. The van der Waals surface area contributed by atoms with E-state index < -0.39 is 6.10 Å². The maximum atomic E-state index is 12.4. The maximum absolute atomic E-state index is 12.4. The zero-order chi connectivity index (χ0) is 12.5. The maximum Gasteiger partial charge on any atom is 0.258 e. The first-order chi connectivity index (χ1) is 8.75. The first-order valence-corrected chi connectivity index (χ1v) is 6.84. The summed E-state index contributed by atoms with van der Waals surface area (Å²) >= 11 is 3.44. The molecule has 0 aromatic heterocycles. The van der Waals surface area contributed by atoms with Gasteiger partial charge in [-0.1, -0.05) is 22.0 Å². The highest BCUT2D eigenvalue weighted by atomic mass is 79.9. The number of benzene rings is 1. The molecule has 1 atom stereocenters. The van der Waals surface area contributed by atoms with Crippen molar-refractivity contribution < 1.29 is 14.3 Å². The number of nitrogens with zero attached hydrogens (tertiary/aromatic N) is 1. The van der Waals surface area contributed by atoms with Crippen molar-refractivity contribution in [3.05, 3.63) is 28.2 Å². The van der Waals surface area contributed by atoms with E-state index in [2.05, 4.69) is 22.0 Å². The molecule has 0 saturated carbocycles. The summed E-state index contributed by atoms with van der Waals surface area (Å²) in [7, 11) is 0. The van der Waals surface area contributed by atoms with Crippen LogP contribution in [0.15, 0.2) is 22.7 Å². The van der Waals surface area contributed by atoms with Gasteiger partial charge in [0.2, 0.25) is 0 Å². The van der Waals surface area contributed by atoms with Gasteiger partial charge in [-0.05, 0) is 24.1 Å². The number of hydrogen-bond acceptors (Lipinski definition) is 3. The lowest BCUT2D eigenvalue weighted by Gasteiger charge is -2.27. The van der Waals surface area contributed by atoms with Gasteiger partial charge in [-0.2, -0.15) is 0 Å². The first kappa shape index (κ1) is 12.1. The van der Waals surface area contributed by atoms with E-state index in [1.165, 1.54) is 5.56 Å². The largest absolute Gasteiger partial charge is 0.376 e. The van der Waals surface area contributed by atoms with Gasteiger partial charge in [-0.15, -0.1) is 0 Å². The monoisotopic (exact) mass is 311 g/mol. The molecule has 2 aliphatic heterocycles. The molecule has 0 bridgehead atoms. The van der Waals surface area contributed by atoms with Crippen LogP contribution in [0.2, 0.25) is 0 Å². The van der Waals surface area contributed by atoms with Crippen LogP contribution in [-0.4, -0.2) is 38.4 Å². The molecule has 0 spiro atoms. The molecule has 1 unspecified atom stereocenters. The standard InChI is InChI=1S/C13H14BrNO3/c14-10-2-1-9-3-4-15(11(9)7-10)13(16)12-8-17-5-6-18-12/h1-2,7,12H,3-6,8H2. The predicted molar refractivity (Wildman–Crippen MR) is 70.8 cm³/mol. The van der Waals surface area contributed by atoms with Gasteiger partial charge in [0.25, 0.3) is 5.91 Å². The Hall–Kier alpha value is -0.910. The second-order valence-corrected chi connectivity index (χ2v) is 5.36. The van der Waals surface area contributed by atoms with Gasteiger partial charge in [0, 0.05) is 16.7 Å². The number of rotatable bonds is 1. The zero-order valence-electron chi connectivity index (χ0n) is 9.89. The zero-order valence-corrected chi connectivity index (χ0v) is 11.5. The van der Waals surface area contributed by atoms with E-state index >= 15 is 0 Å². The van der Waals surface area contributed by atoms with Gasteiger partial charge in [-0.3, -0.25) is 4.79 Å². The number of carbonyl (C=O) groups is 1. The molecule has 0 radical (unpaired) electrons. The van der Waals surface area contributed by atoms with Crippen LogP contribution < -0.4 is 4.90 Å². The van der Waals surface area contributed by atoms with E-state index in [0.717, 1.165) is 23.1 Å². The van der Waals surface area contributed by atoms with Crippen molar-refractivity contribution in [2.24, 2.45) is 0 Å². The minimum atomic E-state index is -0.455. The highest BCUT2D eigenvalue weighted by Gasteiger charge is 2.32. The average Bonchev–Trinajstić information content (AvgIpc) is 2.82. The summed E-state index contributed by atoms with van der Waals surface area (Å²) in [6.07, 6.45) is 0.450. The van der Waals surface area contributed by atoms with Crippen molar-refractivity contribution in [2.45, 2.75) is 12.5 Å². The highest BCUT2D eigenvalue weighted by Crippen LogP contribution is 2.31. The molecular formula is C13H14BrNO3. The van der Waals surface area contributed by atoms with Crippen LogP contribution in [0.3, 0.4) is 0 Å². The molecule has 1 aromatic carbocycles. The Labute approximate surface area is 114 Å². The lowest BCUT2D eigenvalue weighted by molar-refractivity contribution is -0.144. The Morgan fingerprint density at radius 3 is 3.06 bits per heavy atom. The minimum absolute atomic E-state index is 0.00606. The van der Waals surface area contributed by atoms with Crippen molar-refractivity contribution in [2.75, 3.05) is 31.3 Å². The topological polar surface area (TPSA) is 38.8 Å². The number of ether oxygens (including phenoxy) is 2. The number of halogens is 1. The molecule has 2 aliphatic rings. The van der Waals surface area contributed by atoms with Crippen LogP contribution in [0, 0.1) is 0 Å². The Bertz CT molecular complexity index is 471. The molecule has 3 rings (SSSR count). The van der Waals surface area contributed by atoms with E-state index in [4.69, 9.17) is 9.47 Å². The number of fused-ring (bicyclic) bond motifs is 1. The SMILES string of the molecule is O=C(C1COCCO1)N1CCc2ccc(Br)cc21. The van der Waals surface area contributed by atoms with Gasteiger partial charge in [0.05, 0.1) is 19.8 Å². The number of anilines is 1. The summed E-state index contributed by atoms with van der Waals surface area (Å²) in [4.78, 5) is 14.2. The van der Waals surface area contributed by atoms with Crippen molar-refractivity contribution in [3.8, 4) is 0 Å². The van der Waals surface area contributed by atoms with Crippen molar-refractivity contribution in [1.82, 2.24) is 0 Å². The molecule has 96 valence electrons. The third-order valence-corrected chi connectivity index (χ3v) is 3.79. The van der Waals surface area contributed by atoms with E-state index in [9.17, 15) is 4.79 Å². The number of hydrogen-bond donors (Lipinski definition) is 0. The second kappa shape index (κ2) is 4.99. The fraction of sp³-hybridized carbons (Fsp3) is 0.462. The van der Waals surface area contributed by atoms with Crippen LogP contribution in [0.5, 0.6) is 0 Å². The first-order valence-electron chi connectivity index (χ1n) is 6.05. The van der Waals surface area contributed by atoms with Crippen LogP contribution >= 0.6 is 15.9 Å². The van der Waals surface area contributed by atoms with Crippen LogP contribution in [-0.2, 0) is 20.7 Å². The number of amides is 1. The fourth-order valence-corrected chi connectivity index (χ4v) is 2.73. The predicted octanol–water partition coefficient (Wildman–Crippen LogP) is 1.75. The Morgan fingerprint density at radius 1 is 1.39 bits per heavy atom. The highest BCUT2D eigenvalue weighted by molar-refractivity contribution is 9.10. The molecule has 5 heteroatoms. The fourth-order valence-electron chi connectivity index (χ4n) is 2.39. The number of carbonyl (C=O) groups excluding carboxylic acids is 1. The normalized spacial score (nSPS) is 22.9. The summed E-state index contributed by atoms with van der Waals surface area (Å²) in [5.41, 5.74) is 2.20. The molecule has 18 heavy (non-hydrogen) atoms. The molecular weight excluding hydrogens is 298 g/mol. The third kappa shape index (κ3) is 2.18. The summed E-state index contributed by atoms with van der Waals surface area (Å²) in [5.74, 6) is 0.00606. The Kier molecular flexibility index (Phi) is 3.37. The molecule has 0 aliphatic carbocycles. The van der Waals surface area contributed by atoms with E-state index in [1.807, 2.05) is 12.1 Å². The lowest BCUT2D eigenvalue weighted by atomic mass is 10.2. The van der Waals surface area contributed by atoms with Gasteiger partial charge in [0.15, 0.2) is 6.10 Å². The molecule has 1 fully saturated rings. The van der Waals surface area contributed by atoms with Crippen molar-refractivity contribution in [3.63, 3.8) is 0 Å². The molecule has 2 heterocycles. The van der Waals surface area contributed by atoms with Gasteiger partial charge < -0.3 is 14.4 Å². The van der Waals surface area contributed by atoms with Crippen molar-refractivity contribution in [1.29, 1.82) is 0 Å². The van der Waals surface area contributed by atoms with Gasteiger partial charge in [-0.25, -0.2) is 0 Å². The molecule has 4 nitrogen and oxygen atoms in total. The minimum Gasteiger partial charge on any atom is -0.376 e. The molecule has 1 aromatic rings. The summed E-state index contributed by atoms with van der Waals surface area (Å²) < 4.78 is 11.7. The van der Waals surface area contributed by atoms with E-state index in [-0.39, 0.29) is 5.91 Å².